The minimum absolute atomic E-state index is 0.0166. The topological polar surface area (TPSA) is 72.6 Å². The molecule has 1 aromatic heterocycles. The summed E-state index contributed by atoms with van der Waals surface area (Å²) in [6, 6.07) is 8.61. The lowest BCUT2D eigenvalue weighted by Gasteiger charge is -2.23. The van der Waals surface area contributed by atoms with Gasteiger partial charge in [0.05, 0.1) is 24.8 Å². The molecule has 0 amide bonds. The Morgan fingerprint density at radius 1 is 1.24 bits per heavy atom. The van der Waals surface area contributed by atoms with Gasteiger partial charge in [0.1, 0.15) is 6.26 Å². The minimum atomic E-state index is -0.503. The van der Waals surface area contributed by atoms with Crippen LogP contribution in [0.5, 0.6) is 0 Å². The zero-order valence-electron chi connectivity index (χ0n) is 11.1. The Morgan fingerprint density at radius 2 is 2.05 bits per heavy atom. The summed E-state index contributed by atoms with van der Waals surface area (Å²) in [5, 5.41) is 1.30. The van der Waals surface area contributed by atoms with Crippen LogP contribution in [0.25, 0.3) is 5.57 Å². The molecule has 3 rings (SSSR count). The zero-order chi connectivity index (χ0) is 14.7. The Bertz CT molecular complexity index is 677. The molecule has 2 aromatic rings. The number of carbonyl (C=O) groups is 2. The summed E-state index contributed by atoms with van der Waals surface area (Å²) in [5.74, 6) is -0.323. The van der Waals surface area contributed by atoms with Crippen molar-refractivity contribution in [2.75, 3.05) is 13.1 Å². The molecular weight excluding hydrogens is 272 g/mol. The molecule has 1 aliphatic rings. The molecule has 0 unspecified atom stereocenters. The highest BCUT2D eigenvalue weighted by molar-refractivity contribution is 5.99. The first kappa shape index (κ1) is 13.3. The van der Waals surface area contributed by atoms with Crippen molar-refractivity contribution >= 4 is 17.3 Å². The fourth-order valence-electron chi connectivity index (χ4n) is 2.03. The molecule has 2 heterocycles. The van der Waals surface area contributed by atoms with E-state index in [1.54, 1.807) is 24.3 Å². The number of benzene rings is 1. The average molecular weight is 284 g/mol. The number of aromatic nitrogens is 1. The molecule has 0 aliphatic carbocycles. The summed E-state index contributed by atoms with van der Waals surface area (Å²) in [6.45, 7) is 0.271. The lowest BCUT2D eigenvalue weighted by molar-refractivity contribution is -0.133. The Kier molecular flexibility index (Phi) is 3.61. The standard InChI is InChI=1S/C15H12N2O4/c18-13-8-12(14-16-6-7-20-14)9-17(10-13)21-15(19)11-4-2-1-3-5-11/h1-8H,9-10H2. The van der Waals surface area contributed by atoms with E-state index in [-0.39, 0.29) is 18.9 Å². The maximum Gasteiger partial charge on any atom is 0.357 e. The highest BCUT2D eigenvalue weighted by atomic mass is 16.7. The Balaban J connectivity index is 1.72. The smallest absolute Gasteiger partial charge is 0.357 e. The molecular formula is C15H12N2O4. The maximum atomic E-state index is 12.0. The van der Waals surface area contributed by atoms with Crippen LogP contribution in [0.4, 0.5) is 0 Å². The van der Waals surface area contributed by atoms with Crippen LogP contribution in [0.1, 0.15) is 16.2 Å². The Morgan fingerprint density at radius 3 is 2.76 bits per heavy atom. The van der Waals surface area contributed by atoms with Crippen molar-refractivity contribution in [1.82, 2.24) is 10.0 Å². The molecule has 0 fully saturated rings. The zero-order valence-corrected chi connectivity index (χ0v) is 11.1. The molecule has 6 heteroatoms. The Hall–Kier alpha value is -2.73. The summed E-state index contributed by atoms with van der Waals surface area (Å²) in [4.78, 5) is 32.9. The van der Waals surface area contributed by atoms with Gasteiger partial charge in [-0.1, -0.05) is 18.2 Å². The lowest BCUT2D eigenvalue weighted by atomic mass is 10.1. The van der Waals surface area contributed by atoms with Crippen molar-refractivity contribution in [2.45, 2.75) is 0 Å². The summed E-state index contributed by atoms with van der Waals surface area (Å²) in [5.41, 5.74) is 1.01. The van der Waals surface area contributed by atoms with Gasteiger partial charge in [0, 0.05) is 5.57 Å². The van der Waals surface area contributed by atoms with Gasteiger partial charge < -0.3 is 9.25 Å². The van der Waals surface area contributed by atoms with Crippen LogP contribution in [-0.2, 0) is 9.63 Å². The SMILES string of the molecule is O=C1C=C(c2ncco2)CN(OC(=O)c2ccccc2)C1. The highest BCUT2D eigenvalue weighted by Gasteiger charge is 2.24. The van der Waals surface area contributed by atoms with E-state index in [0.717, 1.165) is 0 Å². The predicted molar refractivity (Wildman–Crippen MR) is 72.9 cm³/mol. The first-order valence-electron chi connectivity index (χ1n) is 6.38. The van der Waals surface area contributed by atoms with E-state index in [1.165, 1.54) is 23.6 Å². The first-order valence-corrected chi connectivity index (χ1v) is 6.38. The van der Waals surface area contributed by atoms with Crippen LogP contribution in [0.15, 0.2) is 53.3 Å². The van der Waals surface area contributed by atoms with Gasteiger partial charge in [-0.3, -0.25) is 4.79 Å². The van der Waals surface area contributed by atoms with E-state index < -0.39 is 5.97 Å². The quantitative estimate of drug-likeness (QED) is 0.854. The van der Waals surface area contributed by atoms with Crippen molar-refractivity contribution in [3.05, 3.63) is 60.3 Å². The van der Waals surface area contributed by atoms with Crippen LogP contribution in [0.2, 0.25) is 0 Å². The summed E-state index contributed by atoms with van der Waals surface area (Å²) in [6.07, 6.45) is 4.38. The van der Waals surface area contributed by atoms with E-state index in [0.29, 0.717) is 17.0 Å². The number of ketones is 1. The molecule has 21 heavy (non-hydrogen) atoms. The normalized spacial score (nSPS) is 15.6. The molecule has 0 radical (unpaired) electrons. The van der Waals surface area contributed by atoms with Gasteiger partial charge >= 0.3 is 5.97 Å². The van der Waals surface area contributed by atoms with Crippen LogP contribution in [0, 0.1) is 0 Å². The van der Waals surface area contributed by atoms with Crippen LogP contribution in [0.3, 0.4) is 0 Å². The molecule has 1 aromatic carbocycles. The van der Waals surface area contributed by atoms with E-state index >= 15 is 0 Å². The predicted octanol–water partition coefficient (Wildman–Crippen LogP) is 1.71. The molecule has 0 saturated heterocycles. The fourth-order valence-corrected chi connectivity index (χ4v) is 2.03. The fraction of sp³-hybridized carbons (Fsp3) is 0.133. The second-order valence-electron chi connectivity index (χ2n) is 4.52. The van der Waals surface area contributed by atoms with E-state index in [9.17, 15) is 9.59 Å². The lowest BCUT2D eigenvalue weighted by Crippen LogP contribution is -2.36. The van der Waals surface area contributed by atoms with Gasteiger partial charge in [-0.15, -0.1) is 5.06 Å². The molecule has 0 saturated carbocycles. The van der Waals surface area contributed by atoms with Crippen molar-refractivity contribution in [3.63, 3.8) is 0 Å². The Labute approximate surface area is 120 Å². The number of hydroxylamine groups is 2. The van der Waals surface area contributed by atoms with Gasteiger partial charge in [-0.2, -0.15) is 0 Å². The maximum absolute atomic E-state index is 12.0. The largest absolute Gasteiger partial charge is 0.445 e. The van der Waals surface area contributed by atoms with Crippen LogP contribution >= 0.6 is 0 Å². The van der Waals surface area contributed by atoms with Gasteiger partial charge in [0.2, 0.25) is 5.89 Å². The van der Waals surface area contributed by atoms with Gasteiger partial charge in [0.15, 0.2) is 5.78 Å². The first-order chi connectivity index (χ1) is 10.2. The highest BCUT2D eigenvalue weighted by Crippen LogP contribution is 2.18. The third kappa shape index (κ3) is 3.06. The number of oxazole rings is 1. The van der Waals surface area contributed by atoms with E-state index in [2.05, 4.69) is 4.98 Å². The minimum Gasteiger partial charge on any atom is -0.445 e. The monoisotopic (exact) mass is 284 g/mol. The van der Waals surface area contributed by atoms with Crippen molar-refractivity contribution in [3.8, 4) is 0 Å². The number of hydrogen-bond donors (Lipinski definition) is 0. The molecule has 1 aliphatic heterocycles. The second kappa shape index (κ2) is 5.72. The van der Waals surface area contributed by atoms with E-state index in [1.807, 2.05) is 6.07 Å². The molecule has 0 N–H and O–H groups in total. The van der Waals surface area contributed by atoms with Crippen molar-refractivity contribution < 1.29 is 18.8 Å². The van der Waals surface area contributed by atoms with Crippen molar-refractivity contribution in [2.24, 2.45) is 0 Å². The molecule has 106 valence electrons. The number of nitrogens with zero attached hydrogens (tertiary/aromatic N) is 2. The molecule has 0 atom stereocenters. The second-order valence-corrected chi connectivity index (χ2v) is 4.52. The molecule has 0 spiro atoms. The summed E-state index contributed by atoms with van der Waals surface area (Å²) in [7, 11) is 0. The number of carbonyl (C=O) groups excluding carboxylic acids is 2. The van der Waals surface area contributed by atoms with Crippen LogP contribution < -0.4 is 0 Å². The third-order valence-corrected chi connectivity index (χ3v) is 2.94. The summed E-state index contributed by atoms with van der Waals surface area (Å²) >= 11 is 0. The summed E-state index contributed by atoms with van der Waals surface area (Å²) < 4.78 is 5.16. The van der Waals surface area contributed by atoms with Gasteiger partial charge in [-0.05, 0) is 18.2 Å². The van der Waals surface area contributed by atoms with Crippen LogP contribution in [-0.4, -0.2) is 34.9 Å². The molecule has 6 nitrogen and oxygen atoms in total. The van der Waals surface area contributed by atoms with Gasteiger partial charge in [-0.25, -0.2) is 9.78 Å². The average Bonchev–Trinajstić information content (AvgIpc) is 3.02. The third-order valence-electron chi connectivity index (χ3n) is 2.94. The molecule has 0 bridgehead atoms. The van der Waals surface area contributed by atoms with Gasteiger partial charge in [0.25, 0.3) is 0 Å². The van der Waals surface area contributed by atoms with Crippen molar-refractivity contribution in [1.29, 1.82) is 0 Å². The number of hydrogen-bond acceptors (Lipinski definition) is 6. The van der Waals surface area contributed by atoms with E-state index in [4.69, 9.17) is 9.25 Å². The number of rotatable bonds is 3.